The summed E-state index contributed by atoms with van der Waals surface area (Å²) in [5.41, 5.74) is 2.95. The zero-order valence-electron chi connectivity index (χ0n) is 10.1. The van der Waals surface area contributed by atoms with E-state index in [1.807, 2.05) is 11.3 Å². The normalized spacial score (nSPS) is 16.8. The van der Waals surface area contributed by atoms with Crippen molar-refractivity contribution < 1.29 is 0 Å². The summed E-state index contributed by atoms with van der Waals surface area (Å²) in [7, 11) is 0. The third-order valence-corrected chi connectivity index (χ3v) is 6.59. The van der Waals surface area contributed by atoms with Crippen LogP contribution in [0.4, 0.5) is 0 Å². The average molecular weight is 342 g/mol. The van der Waals surface area contributed by atoms with Gasteiger partial charge in [-0.15, -0.1) is 22.9 Å². The maximum Gasteiger partial charge on any atom is 0.0713 e. The molecule has 1 aromatic heterocycles. The van der Waals surface area contributed by atoms with E-state index in [1.165, 1.54) is 25.4 Å². The molecule has 3 heteroatoms. The van der Waals surface area contributed by atoms with E-state index < -0.39 is 0 Å². The molecule has 1 atom stereocenters. The molecule has 0 N–H and O–H groups in total. The molecule has 0 bridgehead atoms. The molecule has 0 radical (unpaired) electrons. The highest BCUT2D eigenvalue weighted by Gasteiger charge is 2.29. The van der Waals surface area contributed by atoms with Gasteiger partial charge in [-0.2, -0.15) is 0 Å². The first-order valence-electron chi connectivity index (χ1n) is 6.12. The van der Waals surface area contributed by atoms with Crippen LogP contribution >= 0.6 is 38.9 Å². The standard InChI is InChI=1S/C15H14BrClS/c1-9-13(16)8-14(18-9)15(17)12-6-10-4-2-3-5-11(10)7-12/h2-5,8,12,15H,6-7H2,1H3. The predicted molar refractivity (Wildman–Crippen MR) is 82.7 cm³/mol. The van der Waals surface area contributed by atoms with E-state index in [-0.39, 0.29) is 5.38 Å². The van der Waals surface area contributed by atoms with Gasteiger partial charge < -0.3 is 0 Å². The summed E-state index contributed by atoms with van der Waals surface area (Å²) >= 11 is 12.1. The largest absolute Gasteiger partial charge is 0.143 e. The lowest BCUT2D eigenvalue weighted by Gasteiger charge is -2.14. The minimum absolute atomic E-state index is 0.132. The van der Waals surface area contributed by atoms with Crippen LogP contribution in [-0.2, 0) is 12.8 Å². The topological polar surface area (TPSA) is 0 Å². The van der Waals surface area contributed by atoms with Gasteiger partial charge in [0.25, 0.3) is 0 Å². The van der Waals surface area contributed by atoms with Gasteiger partial charge in [0.1, 0.15) is 0 Å². The SMILES string of the molecule is Cc1sc(C(Cl)C2Cc3ccccc3C2)cc1Br. The fraction of sp³-hybridized carbons (Fsp3) is 0.333. The molecular formula is C15H14BrClS. The van der Waals surface area contributed by atoms with Gasteiger partial charge in [-0.25, -0.2) is 0 Å². The molecule has 1 aliphatic rings. The van der Waals surface area contributed by atoms with Crippen LogP contribution in [0.15, 0.2) is 34.8 Å². The zero-order valence-corrected chi connectivity index (χ0v) is 13.3. The van der Waals surface area contributed by atoms with Crippen molar-refractivity contribution in [1.82, 2.24) is 0 Å². The van der Waals surface area contributed by atoms with Crippen LogP contribution in [0.2, 0.25) is 0 Å². The highest BCUT2D eigenvalue weighted by Crippen LogP contribution is 2.43. The molecule has 2 aromatic rings. The van der Waals surface area contributed by atoms with Gasteiger partial charge in [-0.3, -0.25) is 0 Å². The Kier molecular flexibility index (Phi) is 3.52. The summed E-state index contributed by atoms with van der Waals surface area (Å²) in [4.78, 5) is 2.60. The van der Waals surface area contributed by atoms with E-state index in [2.05, 4.69) is 53.2 Å². The van der Waals surface area contributed by atoms with Gasteiger partial charge in [0.05, 0.1) is 5.38 Å². The number of benzene rings is 1. The molecule has 1 unspecified atom stereocenters. The third kappa shape index (κ3) is 2.26. The summed E-state index contributed by atoms with van der Waals surface area (Å²) in [5.74, 6) is 0.536. The predicted octanol–water partition coefficient (Wildman–Crippen LogP) is 5.51. The third-order valence-electron chi connectivity index (χ3n) is 3.64. The quantitative estimate of drug-likeness (QED) is 0.631. The maximum atomic E-state index is 6.68. The molecule has 1 heterocycles. The lowest BCUT2D eigenvalue weighted by atomic mass is 10.0. The summed E-state index contributed by atoms with van der Waals surface area (Å²) < 4.78 is 1.18. The highest BCUT2D eigenvalue weighted by atomic mass is 79.9. The molecule has 94 valence electrons. The van der Waals surface area contributed by atoms with Crippen molar-refractivity contribution in [2.24, 2.45) is 5.92 Å². The molecule has 0 amide bonds. The van der Waals surface area contributed by atoms with Crippen LogP contribution in [0.25, 0.3) is 0 Å². The number of hydrogen-bond acceptors (Lipinski definition) is 1. The van der Waals surface area contributed by atoms with Gasteiger partial charge in [0, 0.05) is 14.2 Å². The van der Waals surface area contributed by atoms with Crippen LogP contribution in [-0.4, -0.2) is 0 Å². The van der Waals surface area contributed by atoms with Crippen molar-refractivity contribution in [3.05, 3.63) is 55.7 Å². The second-order valence-electron chi connectivity index (χ2n) is 4.89. The Bertz CT molecular complexity index is 531. The Morgan fingerprint density at radius 1 is 1.28 bits per heavy atom. The number of rotatable bonds is 2. The van der Waals surface area contributed by atoms with E-state index in [9.17, 15) is 0 Å². The lowest BCUT2D eigenvalue weighted by Crippen LogP contribution is -2.06. The fourth-order valence-electron chi connectivity index (χ4n) is 2.65. The molecule has 0 fully saturated rings. The smallest absolute Gasteiger partial charge is 0.0713 e. The molecule has 0 nitrogen and oxygen atoms in total. The monoisotopic (exact) mass is 340 g/mol. The molecule has 1 aliphatic carbocycles. The summed E-state index contributed by atoms with van der Waals surface area (Å²) in [6, 6.07) is 10.9. The molecule has 0 aliphatic heterocycles. The molecule has 0 saturated heterocycles. The molecule has 18 heavy (non-hydrogen) atoms. The Morgan fingerprint density at radius 3 is 2.39 bits per heavy atom. The van der Waals surface area contributed by atoms with Crippen LogP contribution in [0.5, 0.6) is 0 Å². The molecular weight excluding hydrogens is 328 g/mol. The van der Waals surface area contributed by atoms with Crippen molar-refractivity contribution in [2.45, 2.75) is 25.1 Å². The van der Waals surface area contributed by atoms with Crippen LogP contribution in [0, 0.1) is 12.8 Å². The van der Waals surface area contributed by atoms with E-state index in [1.54, 1.807) is 0 Å². The van der Waals surface area contributed by atoms with Gasteiger partial charge in [0.2, 0.25) is 0 Å². The summed E-state index contributed by atoms with van der Waals surface area (Å²) in [6.07, 6.45) is 2.22. The average Bonchev–Trinajstić information content (AvgIpc) is 2.93. The number of thiophene rings is 1. The second-order valence-corrected chi connectivity index (χ2v) is 7.50. The first-order valence-corrected chi connectivity index (χ1v) is 8.16. The van der Waals surface area contributed by atoms with E-state index in [4.69, 9.17) is 11.6 Å². The number of fused-ring (bicyclic) bond motifs is 1. The number of alkyl halides is 1. The van der Waals surface area contributed by atoms with Crippen molar-refractivity contribution in [3.63, 3.8) is 0 Å². The van der Waals surface area contributed by atoms with Gasteiger partial charge in [0.15, 0.2) is 0 Å². The molecule has 3 rings (SSSR count). The van der Waals surface area contributed by atoms with Crippen molar-refractivity contribution >= 4 is 38.9 Å². The van der Waals surface area contributed by atoms with Gasteiger partial charge in [-0.1, -0.05) is 24.3 Å². The number of aryl methyl sites for hydroxylation is 1. The Morgan fingerprint density at radius 2 is 1.89 bits per heavy atom. The Labute approximate surface area is 125 Å². The second kappa shape index (κ2) is 4.99. The van der Waals surface area contributed by atoms with Gasteiger partial charge in [-0.05, 0) is 58.8 Å². The summed E-state index contributed by atoms with van der Waals surface area (Å²) in [6.45, 7) is 2.13. The Hall–Kier alpha value is -0.310. The first-order chi connectivity index (χ1) is 8.65. The van der Waals surface area contributed by atoms with Crippen molar-refractivity contribution in [2.75, 3.05) is 0 Å². The van der Waals surface area contributed by atoms with Crippen molar-refractivity contribution in [1.29, 1.82) is 0 Å². The minimum Gasteiger partial charge on any atom is -0.143 e. The van der Waals surface area contributed by atoms with Crippen LogP contribution in [0.1, 0.15) is 26.3 Å². The van der Waals surface area contributed by atoms with Crippen LogP contribution < -0.4 is 0 Å². The summed E-state index contributed by atoms with van der Waals surface area (Å²) in [5, 5.41) is 0.132. The number of hydrogen-bond donors (Lipinski definition) is 0. The van der Waals surface area contributed by atoms with E-state index >= 15 is 0 Å². The molecule has 0 spiro atoms. The van der Waals surface area contributed by atoms with E-state index in [0.29, 0.717) is 5.92 Å². The van der Waals surface area contributed by atoms with Crippen LogP contribution in [0.3, 0.4) is 0 Å². The van der Waals surface area contributed by atoms with Gasteiger partial charge >= 0.3 is 0 Å². The lowest BCUT2D eigenvalue weighted by molar-refractivity contribution is 0.546. The minimum atomic E-state index is 0.132. The maximum absolute atomic E-state index is 6.68. The molecule has 1 aromatic carbocycles. The highest BCUT2D eigenvalue weighted by molar-refractivity contribution is 9.10. The number of halogens is 2. The Balaban J connectivity index is 1.82. The fourth-order valence-corrected chi connectivity index (χ4v) is 4.66. The molecule has 0 saturated carbocycles. The van der Waals surface area contributed by atoms with E-state index in [0.717, 1.165) is 12.8 Å². The zero-order chi connectivity index (χ0) is 12.7. The van der Waals surface area contributed by atoms with Crippen molar-refractivity contribution in [3.8, 4) is 0 Å². The first kappa shape index (κ1) is 12.7.